The van der Waals surface area contributed by atoms with E-state index >= 15 is 0 Å². The second-order valence-corrected chi connectivity index (χ2v) is 7.72. The molecule has 2 atom stereocenters. The molecular weight excluding hydrogens is 268 g/mol. The van der Waals surface area contributed by atoms with Crippen LogP contribution in [0.15, 0.2) is 16.8 Å². The van der Waals surface area contributed by atoms with Crippen molar-refractivity contribution >= 4 is 21.4 Å². The van der Waals surface area contributed by atoms with Gasteiger partial charge in [-0.2, -0.15) is 11.3 Å². The SMILES string of the molecule is C[C@@H](NC[C@@H]1CCN(S(C)(=O)=O)C1)c1ccsc1. The molecule has 1 saturated heterocycles. The maximum Gasteiger partial charge on any atom is 0.211 e. The zero-order valence-corrected chi connectivity index (χ0v) is 12.4. The number of hydrogen-bond donors (Lipinski definition) is 1. The Bertz CT molecular complexity index is 470. The van der Waals surface area contributed by atoms with Crippen molar-refractivity contribution in [2.45, 2.75) is 19.4 Å². The lowest BCUT2D eigenvalue weighted by Gasteiger charge is -2.17. The minimum absolute atomic E-state index is 0.337. The lowest BCUT2D eigenvalue weighted by molar-refractivity contribution is 0.433. The van der Waals surface area contributed by atoms with Crippen molar-refractivity contribution in [1.29, 1.82) is 0 Å². The topological polar surface area (TPSA) is 49.4 Å². The fourth-order valence-electron chi connectivity index (χ4n) is 2.25. The number of thiophene rings is 1. The molecule has 0 radical (unpaired) electrons. The minimum atomic E-state index is -3.01. The summed E-state index contributed by atoms with van der Waals surface area (Å²) in [4.78, 5) is 0. The van der Waals surface area contributed by atoms with Crippen molar-refractivity contribution in [2.75, 3.05) is 25.9 Å². The molecule has 1 N–H and O–H groups in total. The Morgan fingerprint density at radius 3 is 2.94 bits per heavy atom. The summed E-state index contributed by atoms with van der Waals surface area (Å²) in [5, 5.41) is 7.71. The van der Waals surface area contributed by atoms with Crippen LogP contribution in [0.4, 0.5) is 0 Å². The first kappa shape index (κ1) is 14.0. The van der Waals surface area contributed by atoms with Gasteiger partial charge in [-0.1, -0.05) is 0 Å². The highest BCUT2D eigenvalue weighted by Gasteiger charge is 2.28. The van der Waals surface area contributed by atoms with Crippen molar-refractivity contribution in [3.05, 3.63) is 22.4 Å². The van der Waals surface area contributed by atoms with E-state index in [0.29, 0.717) is 25.0 Å². The van der Waals surface area contributed by atoms with Gasteiger partial charge in [0.15, 0.2) is 0 Å². The number of rotatable bonds is 5. The van der Waals surface area contributed by atoms with E-state index in [9.17, 15) is 8.42 Å². The Morgan fingerprint density at radius 2 is 2.39 bits per heavy atom. The van der Waals surface area contributed by atoms with Crippen LogP contribution in [0.25, 0.3) is 0 Å². The molecular formula is C12H20N2O2S2. The maximum atomic E-state index is 11.4. The van der Waals surface area contributed by atoms with Crippen LogP contribution in [0.3, 0.4) is 0 Å². The molecule has 0 spiro atoms. The molecule has 0 aromatic carbocycles. The van der Waals surface area contributed by atoms with E-state index in [0.717, 1.165) is 13.0 Å². The van der Waals surface area contributed by atoms with Crippen LogP contribution in [0, 0.1) is 5.92 Å². The molecule has 2 heterocycles. The van der Waals surface area contributed by atoms with Gasteiger partial charge >= 0.3 is 0 Å². The first-order valence-electron chi connectivity index (χ1n) is 6.17. The standard InChI is InChI=1S/C12H20N2O2S2/c1-10(12-4-6-17-9-12)13-7-11-3-5-14(8-11)18(2,15)16/h4,6,9-11,13H,3,5,7-8H2,1-2H3/t10-,11+/m1/s1. The molecule has 0 bridgehead atoms. The molecule has 2 rings (SSSR count). The van der Waals surface area contributed by atoms with Gasteiger partial charge in [0.1, 0.15) is 0 Å². The monoisotopic (exact) mass is 288 g/mol. The van der Waals surface area contributed by atoms with Gasteiger partial charge in [0.05, 0.1) is 6.26 Å². The van der Waals surface area contributed by atoms with Gasteiger partial charge in [0, 0.05) is 19.1 Å². The Balaban J connectivity index is 1.79. The molecule has 0 aliphatic carbocycles. The van der Waals surface area contributed by atoms with Crippen LogP contribution in [0.2, 0.25) is 0 Å². The summed E-state index contributed by atoms with van der Waals surface area (Å²) >= 11 is 1.70. The molecule has 1 fully saturated rings. The van der Waals surface area contributed by atoms with Crippen molar-refractivity contribution in [1.82, 2.24) is 9.62 Å². The average molecular weight is 288 g/mol. The molecule has 0 amide bonds. The third-order valence-corrected chi connectivity index (χ3v) is 5.44. The van der Waals surface area contributed by atoms with Crippen molar-refractivity contribution < 1.29 is 8.42 Å². The first-order valence-corrected chi connectivity index (χ1v) is 8.96. The number of nitrogens with one attached hydrogen (secondary N) is 1. The molecule has 6 heteroatoms. The molecule has 0 unspecified atom stereocenters. The van der Waals surface area contributed by atoms with Crippen molar-refractivity contribution in [2.24, 2.45) is 5.92 Å². The van der Waals surface area contributed by atoms with E-state index in [1.807, 2.05) is 0 Å². The summed E-state index contributed by atoms with van der Waals surface area (Å²) in [7, 11) is -3.01. The second-order valence-electron chi connectivity index (χ2n) is 4.96. The van der Waals surface area contributed by atoms with E-state index in [-0.39, 0.29) is 0 Å². The van der Waals surface area contributed by atoms with Gasteiger partial charge < -0.3 is 5.32 Å². The molecule has 1 aliphatic heterocycles. The number of sulfonamides is 1. The fourth-order valence-corrected chi connectivity index (χ4v) is 3.92. The Hall–Kier alpha value is -0.430. The highest BCUT2D eigenvalue weighted by molar-refractivity contribution is 7.88. The Kier molecular flexibility index (Phi) is 4.42. The van der Waals surface area contributed by atoms with Crippen LogP contribution in [-0.4, -0.2) is 38.6 Å². The molecule has 1 aromatic rings. The molecule has 4 nitrogen and oxygen atoms in total. The summed E-state index contributed by atoms with van der Waals surface area (Å²) in [5.74, 6) is 0.431. The number of nitrogens with zero attached hydrogens (tertiary/aromatic N) is 1. The fraction of sp³-hybridized carbons (Fsp3) is 0.667. The van der Waals surface area contributed by atoms with Crippen LogP contribution in [-0.2, 0) is 10.0 Å². The molecule has 1 aromatic heterocycles. The summed E-state index contributed by atoms with van der Waals surface area (Å²) < 4.78 is 24.4. The van der Waals surface area contributed by atoms with E-state index in [1.54, 1.807) is 15.6 Å². The zero-order valence-electron chi connectivity index (χ0n) is 10.8. The van der Waals surface area contributed by atoms with Gasteiger partial charge in [-0.25, -0.2) is 12.7 Å². The average Bonchev–Trinajstić information content (AvgIpc) is 2.96. The largest absolute Gasteiger partial charge is 0.310 e. The highest BCUT2D eigenvalue weighted by atomic mass is 32.2. The van der Waals surface area contributed by atoms with Crippen LogP contribution >= 0.6 is 11.3 Å². The van der Waals surface area contributed by atoms with E-state index in [2.05, 4.69) is 29.1 Å². The molecule has 18 heavy (non-hydrogen) atoms. The van der Waals surface area contributed by atoms with Gasteiger partial charge in [-0.3, -0.25) is 0 Å². The van der Waals surface area contributed by atoms with E-state index < -0.39 is 10.0 Å². The predicted molar refractivity (Wildman–Crippen MR) is 75.3 cm³/mol. The van der Waals surface area contributed by atoms with Gasteiger partial charge in [0.25, 0.3) is 0 Å². The molecule has 0 saturated carbocycles. The van der Waals surface area contributed by atoms with Crippen LogP contribution in [0.1, 0.15) is 24.9 Å². The Labute approximate surface area is 113 Å². The van der Waals surface area contributed by atoms with Gasteiger partial charge in [0.2, 0.25) is 10.0 Å². The number of hydrogen-bond acceptors (Lipinski definition) is 4. The zero-order chi connectivity index (χ0) is 13.2. The van der Waals surface area contributed by atoms with Crippen molar-refractivity contribution in [3.8, 4) is 0 Å². The van der Waals surface area contributed by atoms with Crippen LogP contribution < -0.4 is 5.32 Å². The highest BCUT2D eigenvalue weighted by Crippen LogP contribution is 2.20. The summed E-state index contributed by atoms with van der Waals surface area (Å²) in [6.07, 6.45) is 2.24. The van der Waals surface area contributed by atoms with Gasteiger partial charge in [-0.05, 0) is 48.2 Å². The second kappa shape index (κ2) is 5.69. The normalized spacial score (nSPS) is 23.3. The van der Waals surface area contributed by atoms with Crippen LogP contribution in [0.5, 0.6) is 0 Å². The predicted octanol–water partition coefficient (Wildman–Crippen LogP) is 1.68. The quantitative estimate of drug-likeness (QED) is 0.897. The minimum Gasteiger partial charge on any atom is -0.310 e. The lowest BCUT2D eigenvalue weighted by Crippen LogP contribution is -2.30. The Morgan fingerprint density at radius 1 is 1.61 bits per heavy atom. The van der Waals surface area contributed by atoms with E-state index in [1.165, 1.54) is 11.8 Å². The summed E-state index contributed by atoms with van der Waals surface area (Å²) in [6.45, 7) is 4.34. The third kappa shape index (κ3) is 3.54. The lowest BCUT2D eigenvalue weighted by atomic mass is 10.1. The van der Waals surface area contributed by atoms with Crippen molar-refractivity contribution in [3.63, 3.8) is 0 Å². The maximum absolute atomic E-state index is 11.4. The third-order valence-electron chi connectivity index (χ3n) is 3.47. The smallest absolute Gasteiger partial charge is 0.211 e. The summed E-state index contributed by atoms with van der Waals surface area (Å²) in [6, 6.07) is 2.46. The van der Waals surface area contributed by atoms with Gasteiger partial charge in [-0.15, -0.1) is 0 Å². The molecule has 102 valence electrons. The van der Waals surface area contributed by atoms with E-state index in [4.69, 9.17) is 0 Å². The first-order chi connectivity index (χ1) is 8.47. The molecule has 1 aliphatic rings. The summed E-state index contributed by atoms with van der Waals surface area (Å²) in [5.41, 5.74) is 1.30.